The van der Waals surface area contributed by atoms with Gasteiger partial charge in [-0.2, -0.15) is 0 Å². The average Bonchev–Trinajstić information content (AvgIpc) is 2.84. The Morgan fingerprint density at radius 2 is 1.52 bits per heavy atom. The maximum atomic E-state index is 12.4. The van der Waals surface area contributed by atoms with Gasteiger partial charge in [-0.3, -0.25) is 9.32 Å². The fraction of sp³-hybridized carbons (Fsp3) is 0.440. The number of hydrogen-bond donors (Lipinski definition) is 1. The highest BCUT2D eigenvalue weighted by atomic mass is 31.1. The van der Waals surface area contributed by atoms with Gasteiger partial charge in [0.2, 0.25) is 0 Å². The van der Waals surface area contributed by atoms with Crippen LogP contribution in [0.15, 0.2) is 60.7 Å². The van der Waals surface area contributed by atoms with E-state index in [-0.39, 0.29) is 46.3 Å². The maximum absolute atomic E-state index is 12.4. The number of rotatable bonds is 15. The van der Waals surface area contributed by atoms with Crippen LogP contribution >= 0.6 is 8.69 Å². The third-order valence-electron chi connectivity index (χ3n) is 5.15. The normalized spacial score (nSPS) is 12.6. The van der Waals surface area contributed by atoms with Gasteiger partial charge in [0.25, 0.3) is 0 Å². The van der Waals surface area contributed by atoms with Gasteiger partial charge in [-0.15, -0.1) is 0 Å². The van der Waals surface area contributed by atoms with Gasteiger partial charge in [-0.05, 0) is 42.7 Å². The molecule has 1 N–H and O–H groups in total. The summed E-state index contributed by atoms with van der Waals surface area (Å²) in [5.41, 5.74) is 1.83. The predicted molar refractivity (Wildman–Crippen MR) is 126 cm³/mol. The van der Waals surface area contributed by atoms with Crippen LogP contribution in [-0.4, -0.2) is 24.7 Å². The van der Waals surface area contributed by atoms with Crippen LogP contribution in [0.3, 0.4) is 0 Å². The summed E-state index contributed by atoms with van der Waals surface area (Å²) in [5, 5.41) is 2.90. The first-order valence-electron chi connectivity index (χ1n) is 11.2. The van der Waals surface area contributed by atoms with Gasteiger partial charge in [-0.25, -0.2) is 9.36 Å². The lowest BCUT2D eigenvalue weighted by Crippen LogP contribution is -2.37. The summed E-state index contributed by atoms with van der Waals surface area (Å²) in [6, 6.07) is 18.7. The highest BCUT2D eigenvalue weighted by Gasteiger charge is 2.19. The number of alkyl carbamates (subject to hydrolysis) is 1. The van der Waals surface area contributed by atoms with Crippen molar-refractivity contribution in [2.45, 2.75) is 58.3 Å². The molecule has 0 heterocycles. The van der Waals surface area contributed by atoms with Crippen molar-refractivity contribution in [3.05, 3.63) is 71.8 Å². The largest absolute Gasteiger partial charge is 0.461 e. The summed E-state index contributed by atoms with van der Waals surface area (Å²) < 4.78 is 25.9. The van der Waals surface area contributed by atoms with Crippen molar-refractivity contribution in [2.24, 2.45) is 5.92 Å². The van der Waals surface area contributed by atoms with Gasteiger partial charge < -0.3 is 14.8 Å². The molecule has 33 heavy (non-hydrogen) atoms. The standard InChI is InChI=1S/C25H32NO6P/c1-20(9-8-16-32-33-29)17-23(26-25(28)31-19-22-12-6-3-7-13-22)14-15-24(27)30-18-21-10-4-2-5-11-21/h2-7,10-13,20,23H,8-9,14-19H2,1H3,(H,26,28). The second-order valence-electron chi connectivity index (χ2n) is 7.98. The van der Waals surface area contributed by atoms with Gasteiger partial charge >= 0.3 is 20.7 Å². The van der Waals surface area contributed by atoms with E-state index in [0.29, 0.717) is 19.4 Å². The molecule has 0 fully saturated rings. The third-order valence-corrected chi connectivity index (χ3v) is 5.43. The van der Waals surface area contributed by atoms with Crippen LogP contribution < -0.4 is 5.32 Å². The zero-order chi connectivity index (χ0) is 23.7. The minimum atomic E-state index is -0.512. The van der Waals surface area contributed by atoms with Crippen LogP contribution in [0.2, 0.25) is 0 Å². The summed E-state index contributed by atoms with van der Waals surface area (Å²) in [4.78, 5) is 24.6. The second kappa shape index (κ2) is 15.9. The maximum Gasteiger partial charge on any atom is 0.407 e. The molecule has 2 rings (SSSR count). The number of hydrogen-bond acceptors (Lipinski definition) is 6. The van der Waals surface area contributed by atoms with E-state index >= 15 is 0 Å². The summed E-state index contributed by atoms with van der Waals surface area (Å²) in [6.45, 7) is 2.90. The van der Waals surface area contributed by atoms with Crippen LogP contribution in [0.4, 0.5) is 4.79 Å². The molecule has 0 aromatic heterocycles. The first kappa shape index (κ1) is 26.5. The molecule has 2 atom stereocenters. The van der Waals surface area contributed by atoms with Crippen LogP contribution in [0.5, 0.6) is 0 Å². The summed E-state index contributed by atoms with van der Waals surface area (Å²) in [7, 11) is -0.314. The van der Waals surface area contributed by atoms with Crippen molar-refractivity contribution in [3.8, 4) is 0 Å². The van der Waals surface area contributed by atoms with Gasteiger partial charge in [0.05, 0.1) is 6.61 Å². The summed E-state index contributed by atoms with van der Waals surface area (Å²) >= 11 is 0. The lowest BCUT2D eigenvalue weighted by molar-refractivity contribution is -0.145. The minimum Gasteiger partial charge on any atom is -0.461 e. The fourth-order valence-electron chi connectivity index (χ4n) is 3.42. The van der Waals surface area contributed by atoms with Gasteiger partial charge in [0, 0.05) is 12.5 Å². The van der Waals surface area contributed by atoms with Crippen LogP contribution in [-0.2, 0) is 36.6 Å². The van der Waals surface area contributed by atoms with Crippen LogP contribution in [0.25, 0.3) is 0 Å². The number of esters is 1. The Morgan fingerprint density at radius 3 is 2.12 bits per heavy atom. The summed E-state index contributed by atoms with van der Waals surface area (Å²) in [5.74, 6) is -0.0319. The Morgan fingerprint density at radius 1 is 0.909 bits per heavy atom. The van der Waals surface area contributed by atoms with Gasteiger partial charge in [0.15, 0.2) is 0 Å². The molecule has 0 aliphatic heterocycles. The molecule has 2 aromatic carbocycles. The van der Waals surface area contributed by atoms with Crippen LogP contribution in [0.1, 0.15) is 50.2 Å². The first-order valence-corrected chi connectivity index (χ1v) is 11.9. The molecule has 2 aromatic rings. The van der Waals surface area contributed by atoms with Crippen molar-refractivity contribution in [1.82, 2.24) is 5.32 Å². The first-order chi connectivity index (χ1) is 16.1. The van der Waals surface area contributed by atoms with Crippen molar-refractivity contribution < 1.29 is 28.2 Å². The van der Waals surface area contributed by atoms with E-state index in [0.717, 1.165) is 24.0 Å². The van der Waals surface area contributed by atoms with Crippen LogP contribution in [0, 0.1) is 5.92 Å². The number of amides is 1. The number of nitrogens with one attached hydrogen (secondary N) is 1. The zero-order valence-corrected chi connectivity index (χ0v) is 19.9. The van der Waals surface area contributed by atoms with E-state index < -0.39 is 6.09 Å². The van der Waals surface area contributed by atoms with Gasteiger partial charge in [0.1, 0.15) is 13.2 Å². The average molecular weight is 474 g/mol. The Kier molecular flexibility index (Phi) is 12.8. The molecule has 0 aliphatic carbocycles. The predicted octanol–water partition coefficient (Wildman–Crippen LogP) is 5.83. The highest BCUT2D eigenvalue weighted by molar-refractivity contribution is 7.17. The molecule has 0 bridgehead atoms. The van der Waals surface area contributed by atoms with Crippen molar-refractivity contribution in [2.75, 3.05) is 6.61 Å². The molecule has 0 spiro atoms. The van der Waals surface area contributed by atoms with E-state index in [1.165, 1.54) is 0 Å². The number of benzene rings is 2. The minimum absolute atomic E-state index is 0.180. The van der Waals surface area contributed by atoms with Crippen molar-refractivity contribution in [3.63, 3.8) is 0 Å². The smallest absolute Gasteiger partial charge is 0.407 e. The van der Waals surface area contributed by atoms with Crippen molar-refractivity contribution >= 4 is 20.7 Å². The SMILES string of the molecule is CC(CCCOP=O)CC(CCC(=O)OCc1ccccc1)NC(=O)OCc1ccccc1. The van der Waals surface area contributed by atoms with E-state index in [4.69, 9.17) is 14.0 Å². The highest BCUT2D eigenvalue weighted by Crippen LogP contribution is 2.17. The monoisotopic (exact) mass is 473 g/mol. The lowest BCUT2D eigenvalue weighted by Gasteiger charge is -2.22. The van der Waals surface area contributed by atoms with E-state index in [1.54, 1.807) is 0 Å². The molecular formula is C25H32NO6P. The molecule has 1 amide bonds. The molecule has 0 radical (unpaired) electrons. The molecule has 178 valence electrons. The topological polar surface area (TPSA) is 90.9 Å². The fourth-order valence-corrected chi connectivity index (χ4v) is 3.62. The molecule has 2 unspecified atom stereocenters. The molecule has 0 saturated heterocycles. The van der Waals surface area contributed by atoms with E-state index in [1.807, 2.05) is 60.7 Å². The quantitative estimate of drug-likeness (QED) is 0.199. The number of carbonyl (C=O) groups excluding carboxylic acids is 2. The Balaban J connectivity index is 1.82. The van der Waals surface area contributed by atoms with E-state index in [9.17, 15) is 14.2 Å². The Bertz CT molecular complexity index is 833. The molecule has 0 saturated carbocycles. The summed E-state index contributed by atoms with van der Waals surface area (Å²) in [6.07, 6.45) is 2.44. The Hall–Kier alpha value is -2.76. The van der Waals surface area contributed by atoms with E-state index in [2.05, 4.69) is 12.2 Å². The molecule has 7 nitrogen and oxygen atoms in total. The second-order valence-corrected chi connectivity index (χ2v) is 8.39. The zero-order valence-electron chi connectivity index (χ0n) is 19.0. The van der Waals surface area contributed by atoms with Gasteiger partial charge in [-0.1, -0.05) is 67.6 Å². The van der Waals surface area contributed by atoms with Crippen molar-refractivity contribution in [1.29, 1.82) is 0 Å². The number of ether oxygens (including phenoxy) is 2. The molecule has 0 aliphatic rings. The Labute approximate surface area is 197 Å². The lowest BCUT2D eigenvalue weighted by atomic mass is 9.94. The number of carbonyl (C=O) groups is 2. The third kappa shape index (κ3) is 12.2. The molecule has 8 heteroatoms. The molecular weight excluding hydrogens is 441 g/mol.